The highest BCUT2D eigenvalue weighted by molar-refractivity contribution is 5.72. The van der Waals surface area contributed by atoms with Crippen molar-refractivity contribution in [3.63, 3.8) is 0 Å². The summed E-state index contributed by atoms with van der Waals surface area (Å²) in [5, 5.41) is 10.5. The van der Waals surface area contributed by atoms with Gasteiger partial charge in [-0.3, -0.25) is 10.1 Å². The van der Waals surface area contributed by atoms with Crippen LogP contribution in [0.1, 0.15) is 47.0 Å². The van der Waals surface area contributed by atoms with Crippen molar-refractivity contribution in [3.05, 3.63) is 34.4 Å². The maximum absolute atomic E-state index is 10.5. The molecule has 118 valence electrons. The molecular formula is C16H26N2O3. The van der Waals surface area contributed by atoms with Gasteiger partial charge in [0.1, 0.15) is 5.78 Å². The Morgan fingerprint density at radius 1 is 1.05 bits per heavy atom. The zero-order valence-corrected chi connectivity index (χ0v) is 13.5. The van der Waals surface area contributed by atoms with Gasteiger partial charge >= 0.3 is 0 Å². The third-order valence-electron chi connectivity index (χ3n) is 2.78. The fraction of sp³-hybridized carbons (Fsp3) is 0.562. The van der Waals surface area contributed by atoms with Gasteiger partial charge in [-0.1, -0.05) is 13.8 Å². The molecule has 0 N–H and O–H groups in total. The summed E-state index contributed by atoms with van der Waals surface area (Å²) >= 11 is 0. The topological polar surface area (TPSA) is 63.4 Å². The summed E-state index contributed by atoms with van der Waals surface area (Å²) in [6.45, 7) is 9.19. The molecule has 1 fully saturated rings. The maximum atomic E-state index is 10.5. The minimum atomic E-state index is -0.361. The third kappa shape index (κ3) is 8.07. The molecule has 2 rings (SSSR count). The van der Waals surface area contributed by atoms with Gasteiger partial charge in [0.25, 0.3) is 5.69 Å². The number of benzene rings is 1. The molecule has 1 heterocycles. The van der Waals surface area contributed by atoms with E-state index in [-0.39, 0.29) is 16.4 Å². The van der Waals surface area contributed by atoms with Crippen LogP contribution < -0.4 is 4.90 Å². The molecule has 0 unspecified atom stereocenters. The first-order chi connectivity index (χ1) is 10.0. The lowest BCUT2D eigenvalue weighted by Gasteiger charge is -2.28. The summed E-state index contributed by atoms with van der Waals surface area (Å²) in [7, 11) is 0. The number of nitrogens with zero attached hydrogens (tertiary/aromatic N) is 2. The minimum absolute atomic E-state index is 0.163. The molecule has 1 aromatic carbocycles. The van der Waals surface area contributed by atoms with Gasteiger partial charge in [-0.2, -0.15) is 0 Å². The number of carbonyl (C=O) groups excluding carboxylic acids is 1. The summed E-state index contributed by atoms with van der Waals surface area (Å²) in [5.74, 6) is 0.167. The maximum Gasteiger partial charge on any atom is 0.269 e. The summed E-state index contributed by atoms with van der Waals surface area (Å²) in [6.07, 6.45) is 3.73. The van der Waals surface area contributed by atoms with Gasteiger partial charge in [-0.15, -0.1) is 0 Å². The second kappa shape index (κ2) is 10.8. The van der Waals surface area contributed by atoms with E-state index in [9.17, 15) is 14.9 Å². The lowest BCUT2D eigenvalue weighted by atomic mass is 10.1. The molecule has 1 aliphatic rings. The lowest BCUT2D eigenvalue weighted by molar-refractivity contribution is -0.384. The highest BCUT2D eigenvalue weighted by Crippen LogP contribution is 2.22. The number of nitro benzene ring substituents is 1. The third-order valence-corrected chi connectivity index (χ3v) is 2.78. The van der Waals surface area contributed by atoms with Gasteiger partial charge in [0.05, 0.1) is 4.92 Å². The summed E-state index contributed by atoms with van der Waals surface area (Å²) < 4.78 is 0. The van der Waals surface area contributed by atoms with Crippen molar-refractivity contribution in [2.24, 2.45) is 0 Å². The van der Waals surface area contributed by atoms with Crippen LogP contribution in [-0.4, -0.2) is 23.8 Å². The van der Waals surface area contributed by atoms with E-state index in [0.717, 1.165) is 18.8 Å². The van der Waals surface area contributed by atoms with Crippen LogP contribution in [0.5, 0.6) is 0 Å². The molecule has 0 spiro atoms. The van der Waals surface area contributed by atoms with Crippen LogP contribution in [0.15, 0.2) is 24.3 Å². The summed E-state index contributed by atoms with van der Waals surface area (Å²) in [4.78, 5) is 21.8. The van der Waals surface area contributed by atoms with Crippen molar-refractivity contribution >= 4 is 17.2 Å². The summed E-state index contributed by atoms with van der Waals surface area (Å²) in [5.41, 5.74) is 1.26. The largest absolute Gasteiger partial charge is 0.372 e. The fourth-order valence-corrected chi connectivity index (χ4v) is 1.94. The number of ketones is 1. The molecule has 0 atom stereocenters. The Bertz CT molecular complexity index is 420. The van der Waals surface area contributed by atoms with Crippen LogP contribution >= 0.6 is 0 Å². The SMILES string of the molecule is CC.CC(C)=O.O=[N+]([O-])c1ccc(N2CCCCC2)cc1. The summed E-state index contributed by atoms with van der Waals surface area (Å²) in [6, 6.07) is 6.82. The molecule has 0 bridgehead atoms. The Hall–Kier alpha value is -1.91. The highest BCUT2D eigenvalue weighted by atomic mass is 16.6. The van der Waals surface area contributed by atoms with Crippen molar-refractivity contribution in [1.82, 2.24) is 0 Å². The van der Waals surface area contributed by atoms with Crippen LogP contribution in [0.4, 0.5) is 11.4 Å². The van der Waals surface area contributed by atoms with Crippen molar-refractivity contribution < 1.29 is 9.72 Å². The zero-order chi connectivity index (χ0) is 16.3. The molecule has 1 aliphatic heterocycles. The number of rotatable bonds is 2. The molecule has 0 amide bonds. The van der Waals surface area contributed by atoms with Gasteiger partial charge in [-0.25, -0.2) is 0 Å². The Kier molecular flexibility index (Phi) is 9.84. The fourth-order valence-electron chi connectivity index (χ4n) is 1.94. The van der Waals surface area contributed by atoms with Crippen LogP contribution in [0, 0.1) is 10.1 Å². The smallest absolute Gasteiger partial charge is 0.269 e. The molecule has 5 nitrogen and oxygen atoms in total. The Labute approximate surface area is 127 Å². The number of piperidine rings is 1. The molecule has 0 aliphatic carbocycles. The molecule has 0 radical (unpaired) electrons. The van der Waals surface area contributed by atoms with Gasteiger partial charge in [0.15, 0.2) is 0 Å². The molecule has 21 heavy (non-hydrogen) atoms. The monoisotopic (exact) mass is 294 g/mol. The highest BCUT2D eigenvalue weighted by Gasteiger charge is 2.12. The predicted octanol–water partition coefficient (Wildman–Crippen LogP) is 4.21. The predicted molar refractivity (Wildman–Crippen MR) is 86.9 cm³/mol. The quantitative estimate of drug-likeness (QED) is 0.605. The van der Waals surface area contributed by atoms with Gasteiger partial charge in [-0.05, 0) is 45.2 Å². The average Bonchev–Trinajstić information content (AvgIpc) is 2.50. The number of non-ortho nitro benzene ring substituents is 1. The molecule has 1 aromatic rings. The standard InChI is InChI=1S/C11H14N2O2.C3H6O.C2H6/c14-13(15)11-6-4-10(5-7-11)12-8-2-1-3-9-12;1-3(2)4;1-2/h4-7H,1-3,8-9H2;1-2H3;1-2H3. The van der Waals surface area contributed by atoms with Gasteiger partial charge in [0, 0.05) is 30.9 Å². The first-order valence-electron chi connectivity index (χ1n) is 7.47. The molecule has 1 saturated heterocycles. The Balaban J connectivity index is 0.000000579. The second-order valence-corrected chi connectivity index (χ2v) is 4.73. The Morgan fingerprint density at radius 3 is 1.86 bits per heavy atom. The van der Waals surface area contributed by atoms with Crippen molar-refractivity contribution in [2.45, 2.75) is 47.0 Å². The van der Waals surface area contributed by atoms with E-state index in [2.05, 4.69) is 4.90 Å². The Morgan fingerprint density at radius 2 is 1.48 bits per heavy atom. The minimum Gasteiger partial charge on any atom is -0.372 e. The van der Waals surface area contributed by atoms with Crippen molar-refractivity contribution in [1.29, 1.82) is 0 Å². The van der Waals surface area contributed by atoms with E-state index in [1.54, 1.807) is 12.1 Å². The van der Waals surface area contributed by atoms with E-state index in [1.165, 1.54) is 33.1 Å². The lowest BCUT2D eigenvalue weighted by Crippen LogP contribution is -2.29. The number of hydrogen-bond donors (Lipinski definition) is 0. The van der Waals surface area contributed by atoms with Crippen LogP contribution in [0.2, 0.25) is 0 Å². The zero-order valence-electron chi connectivity index (χ0n) is 13.5. The molecular weight excluding hydrogens is 268 g/mol. The molecule has 0 aromatic heterocycles. The van der Waals surface area contributed by atoms with E-state index in [4.69, 9.17) is 0 Å². The van der Waals surface area contributed by atoms with Crippen LogP contribution in [0.25, 0.3) is 0 Å². The van der Waals surface area contributed by atoms with E-state index >= 15 is 0 Å². The molecule has 0 saturated carbocycles. The number of hydrogen-bond acceptors (Lipinski definition) is 4. The van der Waals surface area contributed by atoms with Gasteiger partial charge < -0.3 is 9.69 Å². The van der Waals surface area contributed by atoms with E-state index < -0.39 is 0 Å². The first-order valence-corrected chi connectivity index (χ1v) is 7.47. The van der Waals surface area contributed by atoms with E-state index in [0.29, 0.717) is 0 Å². The first kappa shape index (κ1) is 19.1. The normalized spacial score (nSPS) is 13.2. The average molecular weight is 294 g/mol. The van der Waals surface area contributed by atoms with E-state index in [1.807, 2.05) is 26.0 Å². The number of Topliss-reactive ketones (excluding diaryl/α,β-unsaturated/α-hetero) is 1. The molecule has 5 heteroatoms. The number of carbonyl (C=O) groups is 1. The second-order valence-electron chi connectivity index (χ2n) is 4.73. The van der Waals surface area contributed by atoms with Crippen LogP contribution in [-0.2, 0) is 4.79 Å². The van der Waals surface area contributed by atoms with Crippen LogP contribution in [0.3, 0.4) is 0 Å². The number of nitro groups is 1. The number of anilines is 1. The van der Waals surface area contributed by atoms with Crippen molar-refractivity contribution in [3.8, 4) is 0 Å². The van der Waals surface area contributed by atoms with Crippen molar-refractivity contribution in [2.75, 3.05) is 18.0 Å². The van der Waals surface area contributed by atoms with Gasteiger partial charge in [0.2, 0.25) is 0 Å².